The van der Waals surface area contributed by atoms with Crippen LogP contribution in [0.3, 0.4) is 0 Å². The molecule has 1 aromatic carbocycles. The monoisotopic (exact) mass is 350 g/mol. The Morgan fingerprint density at radius 1 is 1.00 bits per heavy atom. The summed E-state index contributed by atoms with van der Waals surface area (Å²) in [6, 6.07) is 2.49. The van der Waals surface area contributed by atoms with Gasteiger partial charge in [0, 0.05) is 16.9 Å². The van der Waals surface area contributed by atoms with Crippen LogP contribution in [0.5, 0.6) is 0 Å². The lowest BCUT2D eigenvalue weighted by Crippen LogP contribution is -2.12. The van der Waals surface area contributed by atoms with Gasteiger partial charge >= 0.3 is 6.18 Å². The van der Waals surface area contributed by atoms with Crippen molar-refractivity contribution in [3.05, 3.63) is 34.9 Å². The maximum absolute atomic E-state index is 13.0. The Labute approximate surface area is 103 Å². The molecule has 90 valence electrons. The number of alkyl halides is 6. The largest absolute Gasteiger partial charge is 0.416 e. The first-order valence-corrected chi connectivity index (χ1v) is 5.82. The molecule has 1 aromatic rings. The fourth-order valence-electron chi connectivity index (χ4n) is 1.19. The highest BCUT2D eigenvalue weighted by Crippen LogP contribution is 2.35. The van der Waals surface area contributed by atoms with Crippen LogP contribution in [-0.4, -0.2) is 0 Å². The van der Waals surface area contributed by atoms with E-state index in [0.29, 0.717) is 13.0 Å². The van der Waals surface area contributed by atoms with Gasteiger partial charge in [0.1, 0.15) is 0 Å². The Balaban J connectivity index is 3.33. The van der Waals surface area contributed by atoms with Gasteiger partial charge in [-0.15, -0.1) is 0 Å². The van der Waals surface area contributed by atoms with Crippen molar-refractivity contribution in [2.75, 3.05) is 0 Å². The molecule has 0 spiro atoms. The molecule has 0 heterocycles. The summed E-state index contributed by atoms with van der Waals surface area (Å²) in [4.78, 5) is 0. The van der Waals surface area contributed by atoms with Gasteiger partial charge in [0.2, 0.25) is 0 Å². The molecule has 0 saturated carbocycles. The number of halogens is 6. The smallest absolute Gasteiger partial charge is 0.202 e. The van der Waals surface area contributed by atoms with Crippen LogP contribution in [0, 0.1) is 0 Å². The Kier molecular flexibility index (Phi) is 3.81. The number of benzene rings is 1. The van der Waals surface area contributed by atoms with E-state index < -0.39 is 23.2 Å². The van der Waals surface area contributed by atoms with E-state index in [1.807, 2.05) is 22.6 Å². The Bertz CT molecular complexity index is 346. The molecule has 0 N–H and O–H groups in total. The predicted octanol–water partition coefficient (Wildman–Crippen LogP) is 4.75. The summed E-state index contributed by atoms with van der Waals surface area (Å²) < 4.78 is 63.5. The SMILES string of the molecule is CC(F)(F)c1cc(CI)cc(C(F)(F)F)c1. The van der Waals surface area contributed by atoms with Gasteiger partial charge in [0.15, 0.2) is 0 Å². The van der Waals surface area contributed by atoms with Gasteiger partial charge in [-0.3, -0.25) is 0 Å². The summed E-state index contributed by atoms with van der Waals surface area (Å²) in [6.07, 6.45) is -4.60. The minimum absolute atomic E-state index is 0.243. The first-order valence-electron chi connectivity index (χ1n) is 4.30. The quantitative estimate of drug-likeness (QED) is 0.410. The zero-order valence-electron chi connectivity index (χ0n) is 8.21. The van der Waals surface area contributed by atoms with E-state index in [1.54, 1.807) is 0 Å². The number of rotatable bonds is 2. The van der Waals surface area contributed by atoms with Crippen LogP contribution in [0.15, 0.2) is 18.2 Å². The van der Waals surface area contributed by atoms with Crippen LogP contribution in [0.2, 0.25) is 0 Å². The highest BCUT2D eigenvalue weighted by atomic mass is 127. The van der Waals surface area contributed by atoms with Crippen molar-refractivity contribution in [3.63, 3.8) is 0 Å². The van der Waals surface area contributed by atoms with E-state index in [4.69, 9.17) is 0 Å². The Morgan fingerprint density at radius 2 is 1.50 bits per heavy atom. The van der Waals surface area contributed by atoms with Crippen molar-refractivity contribution in [2.45, 2.75) is 23.5 Å². The van der Waals surface area contributed by atoms with Gasteiger partial charge in [-0.1, -0.05) is 22.6 Å². The van der Waals surface area contributed by atoms with Crippen LogP contribution < -0.4 is 0 Å². The van der Waals surface area contributed by atoms with E-state index >= 15 is 0 Å². The van der Waals surface area contributed by atoms with Gasteiger partial charge < -0.3 is 0 Å². The summed E-state index contributed by atoms with van der Waals surface area (Å²) in [5.74, 6) is -3.26. The molecule has 16 heavy (non-hydrogen) atoms. The minimum atomic E-state index is -4.60. The van der Waals surface area contributed by atoms with Crippen molar-refractivity contribution in [3.8, 4) is 0 Å². The zero-order chi connectivity index (χ0) is 12.6. The van der Waals surface area contributed by atoms with Crippen LogP contribution in [0.25, 0.3) is 0 Å². The first kappa shape index (κ1) is 13.7. The van der Waals surface area contributed by atoms with Gasteiger partial charge in [-0.05, 0) is 23.8 Å². The highest BCUT2D eigenvalue weighted by molar-refractivity contribution is 14.1. The second-order valence-electron chi connectivity index (χ2n) is 3.44. The van der Waals surface area contributed by atoms with Gasteiger partial charge in [-0.25, -0.2) is 8.78 Å². The fourth-order valence-corrected chi connectivity index (χ4v) is 1.63. The summed E-state index contributed by atoms with van der Waals surface area (Å²) in [5.41, 5.74) is -1.39. The highest BCUT2D eigenvalue weighted by Gasteiger charge is 2.34. The lowest BCUT2D eigenvalue weighted by molar-refractivity contribution is -0.137. The van der Waals surface area contributed by atoms with Crippen molar-refractivity contribution in [2.24, 2.45) is 0 Å². The maximum atomic E-state index is 13.0. The fraction of sp³-hybridized carbons (Fsp3) is 0.400. The molecule has 6 heteroatoms. The second kappa shape index (κ2) is 4.46. The van der Waals surface area contributed by atoms with E-state index in [1.165, 1.54) is 0 Å². The van der Waals surface area contributed by atoms with Crippen LogP contribution in [-0.2, 0) is 16.5 Å². The molecule has 0 saturated heterocycles. The number of hydrogen-bond acceptors (Lipinski definition) is 0. The molecule has 0 aromatic heterocycles. The summed E-state index contributed by atoms with van der Waals surface area (Å²) in [6.45, 7) is 0.583. The maximum Gasteiger partial charge on any atom is 0.416 e. The first-order chi connectivity index (χ1) is 7.14. The topological polar surface area (TPSA) is 0 Å². The molecule has 0 atom stereocenters. The second-order valence-corrected chi connectivity index (χ2v) is 4.20. The molecular weight excluding hydrogens is 342 g/mol. The predicted molar refractivity (Wildman–Crippen MR) is 58.7 cm³/mol. The molecule has 0 radical (unpaired) electrons. The molecule has 0 aliphatic carbocycles. The van der Waals surface area contributed by atoms with Gasteiger partial charge in [0.05, 0.1) is 5.56 Å². The lowest BCUT2D eigenvalue weighted by atomic mass is 10.0. The molecule has 0 aliphatic heterocycles. The molecule has 0 aliphatic rings. The lowest BCUT2D eigenvalue weighted by Gasteiger charge is -2.15. The van der Waals surface area contributed by atoms with Crippen molar-refractivity contribution >= 4 is 22.6 Å². The molecule has 0 fully saturated rings. The van der Waals surface area contributed by atoms with Crippen molar-refractivity contribution in [1.82, 2.24) is 0 Å². The minimum Gasteiger partial charge on any atom is -0.202 e. The van der Waals surface area contributed by atoms with E-state index in [0.717, 1.165) is 12.1 Å². The van der Waals surface area contributed by atoms with Crippen molar-refractivity contribution < 1.29 is 22.0 Å². The molecule has 0 bridgehead atoms. The molecule has 0 nitrogen and oxygen atoms in total. The third-order valence-corrected chi connectivity index (χ3v) is 2.86. The molecule has 1 rings (SSSR count). The van der Waals surface area contributed by atoms with E-state index in [9.17, 15) is 22.0 Å². The third kappa shape index (κ3) is 3.29. The third-order valence-electron chi connectivity index (χ3n) is 1.98. The molecule has 0 unspecified atom stereocenters. The average molecular weight is 350 g/mol. The van der Waals surface area contributed by atoms with E-state index in [2.05, 4.69) is 0 Å². The van der Waals surface area contributed by atoms with Gasteiger partial charge in [0.25, 0.3) is 5.92 Å². The Morgan fingerprint density at radius 3 is 1.88 bits per heavy atom. The van der Waals surface area contributed by atoms with Crippen molar-refractivity contribution in [1.29, 1.82) is 0 Å². The van der Waals surface area contributed by atoms with Crippen LogP contribution in [0.1, 0.15) is 23.6 Å². The van der Waals surface area contributed by atoms with Gasteiger partial charge in [-0.2, -0.15) is 13.2 Å². The summed E-state index contributed by atoms with van der Waals surface area (Å²) >= 11 is 1.83. The molecule has 0 amide bonds. The Hall–Kier alpha value is -0.400. The summed E-state index contributed by atoms with van der Waals surface area (Å²) in [5, 5.41) is 0. The van der Waals surface area contributed by atoms with Crippen LogP contribution >= 0.6 is 22.6 Å². The summed E-state index contributed by atoms with van der Waals surface area (Å²) in [7, 11) is 0. The normalized spacial score (nSPS) is 12.9. The van der Waals surface area contributed by atoms with Crippen LogP contribution in [0.4, 0.5) is 22.0 Å². The zero-order valence-corrected chi connectivity index (χ0v) is 10.4. The average Bonchev–Trinajstić information content (AvgIpc) is 2.14. The van der Waals surface area contributed by atoms with E-state index in [-0.39, 0.29) is 9.99 Å². The number of hydrogen-bond donors (Lipinski definition) is 0. The standard InChI is InChI=1S/C10H8F5I/c1-9(11,12)7-2-6(5-16)3-8(4-7)10(13,14)15/h2-4H,5H2,1H3. The molecular formula is C10H8F5I.